The number of hydrogen-bond acceptors (Lipinski definition) is 4. The van der Waals surface area contributed by atoms with Crippen LogP contribution in [-0.2, 0) is 4.79 Å². The molecule has 2 saturated heterocycles. The monoisotopic (exact) mass is 373 g/mol. The molecule has 27 heavy (non-hydrogen) atoms. The van der Waals surface area contributed by atoms with Crippen molar-refractivity contribution < 1.29 is 14.3 Å². The SMILES string of the molecule is CCC[C@H]1CN(C(=O)c2cccc(OCC(=O)N3CCCCC3)c2)C[C@@H]1N. The number of ether oxygens (including phenoxy) is 1. The van der Waals surface area contributed by atoms with Gasteiger partial charge >= 0.3 is 0 Å². The van der Waals surface area contributed by atoms with Gasteiger partial charge in [0.25, 0.3) is 11.8 Å². The number of amides is 2. The summed E-state index contributed by atoms with van der Waals surface area (Å²) in [4.78, 5) is 28.8. The molecule has 148 valence electrons. The highest BCUT2D eigenvalue weighted by molar-refractivity contribution is 5.94. The first kappa shape index (κ1) is 19.7. The van der Waals surface area contributed by atoms with Gasteiger partial charge in [-0.15, -0.1) is 0 Å². The lowest BCUT2D eigenvalue weighted by Gasteiger charge is -2.26. The number of nitrogens with zero attached hydrogens (tertiary/aromatic N) is 2. The average Bonchev–Trinajstić information content (AvgIpc) is 3.07. The molecule has 0 spiro atoms. The molecule has 0 aliphatic carbocycles. The fraction of sp³-hybridized carbons (Fsp3) is 0.619. The number of likely N-dealkylation sites (tertiary alicyclic amines) is 2. The maximum absolute atomic E-state index is 12.8. The molecule has 2 atom stereocenters. The highest BCUT2D eigenvalue weighted by atomic mass is 16.5. The van der Waals surface area contributed by atoms with Crippen molar-refractivity contribution in [2.45, 2.75) is 45.1 Å². The Morgan fingerprint density at radius 2 is 1.93 bits per heavy atom. The molecule has 0 radical (unpaired) electrons. The van der Waals surface area contributed by atoms with Crippen molar-refractivity contribution in [3.8, 4) is 5.75 Å². The van der Waals surface area contributed by atoms with Gasteiger partial charge in [0.15, 0.2) is 6.61 Å². The maximum atomic E-state index is 12.8. The van der Waals surface area contributed by atoms with Crippen molar-refractivity contribution in [1.82, 2.24) is 9.80 Å². The molecule has 1 aromatic rings. The molecule has 2 amide bonds. The molecule has 0 bridgehead atoms. The van der Waals surface area contributed by atoms with Gasteiger partial charge in [-0.2, -0.15) is 0 Å². The summed E-state index contributed by atoms with van der Waals surface area (Å²) in [5.74, 6) is 0.927. The number of benzene rings is 1. The molecule has 0 aromatic heterocycles. The number of carbonyl (C=O) groups is 2. The summed E-state index contributed by atoms with van der Waals surface area (Å²) in [7, 11) is 0. The second-order valence-corrected chi connectivity index (χ2v) is 7.68. The van der Waals surface area contributed by atoms with Crippen molar-refractivity contribution in [3.05, 3.63) is 29.8 Å². The lowest BCUT2D eigenvalue weighted by atomic mass is 9.99. The molecule has 0 unspecified atom stereocenters. The van der Waals surface area contributed by atoms with E-state index in [9.17, 15) is 9.59 Å². The first-order chi connectivity index (χ1) is 13.1. The molecule has 2 aliphatic rings. The molecule has 0 saturated carbocycles. The van der Waals surface area contributed by atoms with E-state index in [1.165, 1.54) is 6.42 Å². The molecule has 6 nitrogen and oxygen atoms in total. The minimum Gasteiger partial charge on any atom is -0.484 e. The van der Waals surface area contributed by atoms with Crippen molar-refractivity contribution in [2.24, 2.45) is 11.7 Å². The maximum Gasteiger partial charge on any atom is 0.260 e. The number of hydrogen-bond donors (Lipinski definition) is 1. The van der Waals surface area contributed by atoms with Gasteiger partial charge in [-0.1, -0.05) is 19.4 Å². The van der Waals surface area contributed by atoms with Crippen LogP contribution in [0.5, 0.6) is 5.75 Å². The highest BCUT2D eigenvalue weighted by Crippen LogP contribution is 2.23. The van der Waals surface area contributed by atoms with E-state index >= 15 is 0 Å². The Morgan fingerprint density at radius 1 is 1.15 bits per heavy atom. The fourth-order valence-corrected chi connectivity index (χ4v) is 4.02. The zero-order chi connectivity index (χ0) is 19.2. The van der Waals surface area contributed by atoms with Crippen LogP contribution in [0.15, 0.2) is 24.3 Å². The topological polar surface area (TPSA) is 75.9 Å². The zero-order valence-electron chi connectivity index (χ0n) is 16.2. The number of piperidine rings is 1. The van der Waals surface area contributed by atoms with Gasteiger partial charge < -0.3 is 20.3 Å². The van der Waals surface area contributed by atoms with Crippen LogP contribution in [0.3, 0.4) is 0 Å². The highest BCUT2D eigenvalue weighted by Gasteiger charge is 2.32. The van der Waals surface area contributed by atoms with Crippen LogP contribution in [0.4, 0.5) is 0 Å². The van der Waals surface area contributed by atoms with Gasteiger partial charge in [-0.3, -0.25) is 9.59 Å². The minimum absolute atomic E-state index is 0.0133. The van der Waals surface area contributed by atoms with Gasteiger partial charge in [0.2, 0.25) is 0 Å². The lowest BCUT2D eigenvalue weighted by Crippen LogP contribution is -2.38. The molecule has 3 rings (SSSR count). The van der Waals surface area contributed by atoms with Gasteiger partial charge in [0.05, 0.1) is 0 Å². The number of carbonyl (C=O) groups excluding carboxylic acids is 2. The van der Waals surface area contributed by atoms with E-state index in [0.717, 1.165) is 38.8 Å². The third-order valence-corrected chi connectivity index (χ3v) is 5.59. The Morgan fingerprint density at radius 3 is 2.67 bits per heavy atom. The Labute approximate surface area is 161 Å². The largest absolute Gasteiger partial charge is 0.484 e. The summed E-state index contributed by atoms with van der Waals surface area (Å²) in [6.45, 7) is 5.10. The van der Waals surface area contributed by atoms with Gasteiger partial charge in [0.1, 0.15) is 5.75 Å². The van der Waals surface area contributed by atoms with E-state index in [4.69, 9.17) is 10.5 Å². The molecule has 2 aliphatic heterocycles. The summed E-state index contributed by atoms with van der Waals surface area (Å²) >= 11 is 0. The van der Waals surface area contributed by atoms with Crippen LogP contribution < -0.4 is 10.5 Å². The predicted octanol–water partition coefficient (Wildman–Crippen LogP) is 2.28. The van der Waals surface area contributed by atoms with Crippen LogP contribution >= 0.6 is 0 Å². The molecule has 1 aromatic carbocycles. The Bertz CT molecular complexity index is 658. The Hall–Kier alpha value is -2.08. The molecular weight excluding hydrogens is 342 g/mol. The summed E-state index contributed by atoms with van der Waals surface area (Å²) in [6, 6.07) is 7.16. The summed E-state index contributed by atoms with van der Waals surface area (Å²) in [6.07, 6.45) is 5.44. The number of nitrogens with two attached hydrogens (primary N) is 1. The van der Waals surface area contributed by atoms with Crippen LogP contribution in [0.2, 0.25) is 0 Å². The van der Waals surface area contributed by atoms with E-state index < -0.39 is 0 Å². The van der Waals surface area contributed by atoms with Crippen molar-refractivity contribution in [2.75, 3.05) is 32.8 Å². The number of rotatable bonds is 6. The minimum atomic E-state index is -0.0168. The van der Waals surface area contributed by atoms with Crippen molar-refractivity contribution in [3.63, 3.8) is 0 Å². The smallest absolute Gasteiger partial charge is 0.260 e. The fourth-order valence-electron chi connectivity index (χ4n) is 4.02. The summed E-state index contributed by atoms with van der Waals surface area (Å²) in [5, 5.41) is 0. The third kappa shape index (κ3) is 5.01. The average molecular weight is 373 g/mol. The van der Waals surface area contributed by atoms with E-state index in [0.29, 0.717) is 30.3 Å². The predicted molar refractivity (Wildman–Crippen MR) is 105 cm³/mol. The van der Waals surface area contributed by atoms with Crippen LogP contribution in [0.1, 0.15) is 49.4 Å². The quantitative estimate of drug-likeness (QED) is 0.830. The molecule has 2 heterocycles. The third-order valence-electron chi connectivity index (χ3n) is 5.59. The summed E-state index contributed by atoms with van der Waals surface area (Å²) in [5.41, 5.74) is 6.78. The molecular formula is C21H31N3O3. The lowest BCUT2D eigenvalue weighted by molar-refractivity contribution is -0.134. The first-order valence-corrected chi connectivity index (χ1v) is 10.1. The van der Waals surface area contributed by atoms with Gasteiger partial charge in [0, 0.05) is 37.8 Å². The van der Waals surface area contributed by atoms with E-state index in [1.807, 2.05) is 9.80 Å². The van der Waals surface area contributed by atoms with Gasteiger partial charge in [-0.05, 0) is 49.8 Å². The standard InChI is InChI=1S/C21H31N3O3/c1-2-7-17-13-24(14-19(17)22)21(26)16-8-6-9-18(12-16)27-15-20(25)23-10-4-3-5-11-23/h6,8-9,12,17,19H,2-5,7,10-11,13-15,22H2,1H3/t17-,19-/m0/s1. The van der Waals surface area contributed by atoms with E-state index in [-0.39, 0.29) is 24.5 Å². The van der Waals surface area contributed by atoms with Crippen LogP contribution in [0.25, 0.3) is 0 Å². The van der Waals surface area contributed by atoms with Crippen molar-refractivity contribution in [1.29, 1.82) is 0 Å². The molecule has 2 N–H and O–H groups in total. The van der Waals surface area contributed by atoms with Crippen molar-refractivity contribution >= 4 is 11.8 Å². The van der Waals surface area contributed by atoms with Crippen LogP contribution in [-0.4, -0.2) is 60.4 Å². The summed E-state index contributed by atoms with van der Waals surface area (Å²) < 4.78 is 5.67. The first-order valence-electron chi connectivity index (χ1n) is 10.1. The second kappa shape index (κ2) is 9.22. The van der Waals surface area contributed by atoms with E-state index in [2.05, 4.69) is 6.92 Å². The molecule has 6 heteroatoms. The van der Waals surface area contributed by atoms with Crippen LogP contribution in [0, 0.1) is 5.92 Å². The second-order valence-electron chi connectivity index (χ2n) is 7.68. The van der Waals surface area contributed by atoms with E-state index in [1.54, 1.807) is 24.3 Å². The normalized spacial score (nSPS) is 22.7. The van der Waals surface area contributed by atoms with Gasteiger partial charge in [-0.25, -0.2) is 0 Å². The Balaban J connectivity index is 1.56. The zero-order valence-corrected chi connectivity index (χ0v) is 16.2. The Kier molecular flexibility index (Phi) is 6.72. The molecule has 2 fully saturated rings.